The highest BCUT2D eigenvalue weighted by Crippen LogP contribution is 2.22. The lowest BCUT2D eigenvalue weighted by molar-refractivity contribution is 0.107. The van der Waals surface area contributed by atoms with Gasteiger partial charge in [-0.1, -0.05) is 17.8 Å². The largest absolute Gasteiger partial charge is 0.394 e. The molecule has 0 aromatic heterocycles. The number of rotatable bonds is 0. The summed E-state index contributed by atoms with van der Waals surface area (Å²) in [5.41, 5.74) is 1.38. The van der Waals surface area contributed by atoms with Crippen molar-refractivity contribution in [1.29, 1.82) is 0 Å². The molecule has 2 rings (SSSR count). The van der Waals surface area contributed by atoms with Crippen LogP contribution in [0.2, 0.25) is 0 Å². The van der Waals surface area contributed by atoms with E-state index in [1.165, 1.54) is 0 Å². The molecule has 1 heterocycles. The van der Waals surface area contributed by atoms with Gasteiger partial charge in [0, 0.05) is 0 Å². The molecule has 0 aliphatic carbocycles. The lowest BCUT2D eigenvalue weighted by atomic mass is 10.1. The Morgan fingerprint density at radius 1 is 1.30 bits per heavy atom. The molecule has 0 atom stereocenters. The zero-order chi connectivity index (χ0) is 6.97. The van der Waals surface area contributed by atoms with E-state index in [0.29, 0.717) is 5.56 Å². The first kappa shape index (κ1) is 5.35. The molecule has 1 aliphatic rings. The average Bonchev–Trinajstić information content (AvgIpc) is 2.34. The van der Waals surface area contributed by atoms with Crippen molar-refractivity contribution in [2.45, 2.75) is 0 Å². The molecule has 0 unspecified atom stereocenters. The lowest BCUT2D eigenvalue weighted by Crippen LogP contribution is -1.92. The van der Waals surface area contributed by atoms with E-state index in [9.17, 15) is 4.79 Å². The van der Waals surface area contributed by atoms with E-state index in [0.717, 1.165) is 5.69 Å². The van der Waals surface area contributed by atoms with Gasteiger partial charge in [-0.2, -0.15) is 0 Å². The molecule has 2 heteroatoms. The van der Waals surface area contributed by atoms with Crippen LogP contribution in [0.1, 0.15) is 10.4 Å². The second kappa shape index (κ2) is 1.77. The summed E-state index contributed by atoms with van der Waals surface area (Å²) in [6.45, 7) is 0. The Bertz CT molecular complexity index is 315. The van der Waals surface area contributed by atoms with Gasteiger partial charge in [-0.3, -0.25) is 0 Å². The van der Waals surface area contributed by atoms with E-state index in [4.69, 9.17) is 0 Å². The molecule has 0 N–H and O–H groups in total. The molecule has 1 aromatic carbocycles. The number of carbonyl (C=O) groups excluding carboxylic acids is 1. The van der Waals surface area contributed by atoms with Crippen LogP contribution in [0, 0.1) is 0 Å². The molecule has 2 nitrogen and oxygen atoms in total. The number of Topliss-reactive ketones (excluding diaryl/α,β-unsaturated/α-hetero) is 1. The third-order valence-corrected chi connectivity index (χ3v) is 1.43. The highest BCUT2D eigenvalue weighted by molar-refractivity contribution is 6.39. The fraction of sp³-hybridized carbons (Fsp3) is 0. The SMILES string of the molecule is O=C1[C-]=Nc2ccccc21. The van der Waals surface area contributed by atoms with Gasteiger partial charge in [0.1, 0.15) is 0 Å². The van der Waals surface area contributed by atoms with Gasteiger partial charge >= 0.3 is 0 Å². The number of ketones is 1. The average molecular weight is 130 g/mol. The molecule has 0 spiro atoms. The van der Waals surface area contributed by atoms with Gasteiger partial charge in [0.25, 0.3) is 0 Å². The Balaban J connectivity index is 2.70. The van der Waals surface area contributed by atoms with Crippen LogP contribution in [0.25, 0.3) is 0 Å². The van der Waals surface area contributed by atoms with Gasteiger partial charge in [-0.25, -0.2) is 0 Å². The first-order chi connectivity index (χ1) is 4.88. The second-order valence-electron chi connectivity index (χ2n) is 2.07. The first-order valence-electron chi connectivity index (χ1n) is 2.98. The maximum atomic E-state index is 10.9. The van der Waals surface area contributed by atoms with Crippen molar-refractivity contribution < 1.29 is 4.79 Å². The van der Waals surface area contributed by atoms with E-state index in [-0.39, 0.29) is 5.78 Å². The summed E-state index contributed by atoms with van der Waals surface area (Å²) in [7, 11) is 0. The van der Waals surface area contributed by atoms with E-state index in [1.54, 1.807) is 12.1 Å². The third-order valence-electron chi connectivity index (χ3n) is 1.43. The molecule has 0 saturated carbocycles. The van der Waals surface area contributed by atoms with Crippen LogP contribution in [0.15, 0.2) is 29.3 Å². The summed E-state index contributed by atoms with van der Waals surface area (Å²) in [6.07, 6.45) is 2.37. The molecule has 0 bridgehead atoms. The number of nitrogens with zero attached hydrogens (tertiary/aromatic N) is 1. The standard InChI is InChI=1S/C8H4NO/c10-8-5-9-7-4-2-1-3-6(7)8/h1-4H/q-1. The lowest BCUT2D eigenvalue weighted by Gasteiger charge is -2.01. The zero-order valence-corrected chi connectivity index (χ0v) is 5.16. The van der Waals surface area contributed by atoms with E-state index in [1.807, 2.05) is 12.1 Å². The van der Waals surface area contributed by atoms with Crippen molar-refractivity contribution in [3.05, 3.63) is 29.8 Å². The highest BCUT2D eigenvalue weighted by atomic mass is 16.1. The second-order valence-corrected chi connectivity index (χ2v) is 2.07. The fourth-order valence-corrected chi connectivity index (χ4v) is 0.934. The Labute approximate surface area is 58.2 Å². The summed E-state index contributed by atoms with van der Waals surface area (Å²) in [5, 5.41) is 0. The molecular weight excluding hydrogens is 126 g/mol. The van der Waals surface area contributed by atoms with E-state index >= 15 is 0 Å². The normalized spacial score (nSPS) is 13.8. The molecule has 0 radical (unpaired) electrons. The number of para-hydroxylation sites is 1. The minimum atomic E-state index is -0.115. The van der Waals surface area contributed by atoms with Crippen molar-refractivity contribution in [3.63, 3.8) is 0 Å². The number of benzene rings is 1. The van der Waals surface area contributed by atoms with Crippen molar-refractivity contribution in [3.8, 4) is 0 Å². The van der Waals surface area contributed by atoms with Crippen LogP contribution in [-0.4, -0.2) is 12.0 Å². The van der Waals surface area contributed by atoms with Crippen LogP contribution < -0.4 is 0 Å². The van der Waals surface area contributed by atoms with Crippen molar-refractivity contribution in [2.24, 2.45) is 4.99 Å². The van der Waals surface area contributed by atoms with Gasteiger partial charge < -0.3 is 9.79 Å². The number of hydrogen-bond donors (Lipinski definition) is 0. The Hall–Kier alpha value is -1.44. The number of hydrogen-bond acceptors (Lipinski definition) is 2. The van der Waals surface area contributed by atoms with Crippen LogP contribution in [-0.2, 0) is 0 Å². The monoisotopic (exact) mass is 130 g/mol. The van der Waals surface area contributed by atoms with Gasteiger partial charge in [0.2, 0.25) is 0 Å². The molecule has 1 aliphatic heterocycles. The van der Waals surface area contributed by atoms with Gasteiger partial charge in [0.15, 0.2) is 0 Å². The molecular formula is C8H4NO-. The summed E-state index contributed by atoms with van der Waals surface area (Å²) in [5.74, 6) is -0.115. The van der Waals surface area contributed by atoms with E-state index < -0.39 is 0 Å². The minimum Gasteiger partial charge on any atom is -0.394 e. The summed E-state index contributed by atoms with van der Waals surface area (Å²) >= 11 is 0. The smallest absolute Gasteiger partial charge is 0.0841 e. The Morgan fingerprint density at radius 2 is 2.10 bits per heavy atom. The Morgan fingerprint density at radius 3 is 2.90 bits per heavy atom. The summed E-state index contributed by atoms with van der Waals surface area (Å²) in [4.78, 5) is 14.6. The van der Waals surface area contributed by atoms with Crippen LogP contribution in [0.4, 0.5) is 5.69 Å². The van der Waals surface area contributed by atoms with Crippen LogP contribution in [0.3, 0.4) is 0 Å². The molecule has 0 fully saturated rings. The quantitative estimate of drug-likeness (QED) is 0.489. The predicted molar refractivity (Wildman–Crippen MR) is 37.9 cm³/mol. The highest BCUT2D eigenvalue weighted by Gasteiger charge is 2.00. The van der Waals surface area contributed by atoms with Gasteiger partial charge in [-0.15, -0.1) is 17.7 Å². The van der Waals surface area contributed by atoms with Gasteiger partial charge in [0.05, 0.1) is 5.78 Å². The number of fused-ring (bicyclic) bond motifs is 1. The first-order valence-corrected chi connectivity index (χ1v) is 2.98. The van der Waals surface area contributed by atoms with Crippen molar-refractivity contribution in [1.82, 2.24) is 0 Å². The maximum Gasteiger partial charge on any atom is 0.0841 e. The summed E-state index contributed by atoms with van der Waals surface area (Å²) < 4.78 is 0. The van der Waals surface area contributed by atoms with Crippen LogP contribution >= 0.6 is 0 Å². The number of carbonyl (C=O) groups is 1. The zero-order valence-electron chi connectivity index (χ0n) is 5.16. The minimum absolute atomic E-state index is 0.115. The molecule has 0 amide bonds. The van der Waals surface area contributed by atoms with Gasteiger partial charge in [-0.05, 0) is 6.21 Å². The van der Waals surface area contributed by atoms with Crippen molar-refractivity contribution >= 4 is 17.7 Å². The number of aliphatic imine (C=N–C) groups is 1. The molecule has 48 valence electrons. The predicted octanol–water partition coefficient (Wildman–Crippen LogP) is 1.46. The van der Waals surface area contributed by atoms with Crippen LogP contribution in [0.5, 0.6) is 0 Å². The molecule has 10 heavy (non-hydrogen) atoms. The maximum absolute atomic E-state index is 10.9. The topological polar surface area (TPSA) is 29.4 Å². The Kier molecular flexibility index (Phi) is 0.947. The van der Waals surface area contributed by atoms with E-state index in [2.05, 4.69) is 11.2 Å². The molecule has 1 aromatic rings. The fourth-order valence-electron chi connectivity index (χ4n) is 0.934. The molecule has 0 saturated heterocycles. The summed E-state index contributed by atoms with van der Waals surface area (Å²) in [6, 6.07) is 7.22. The van der Waals surface area contributed by atoms with Crippen molar-refractivity contribution in [2.75, 3.05) is 0 Å². The third kappa shape index (κ3) is 0.589.